The number of aryl methyl sites for hydroxylation is 1. The zero-order valence-electron chi connectivity index (χ0n) is 25.1. The fourth-order valence-corrected chi connectivity index (χ4v) is 3.73. The van der Waals surface area contributed by atoms with E-state index >= 15 is 0 Å². The first-order valence-corrected chi connectivity index (χ1v) is 14.4. The summed E-state index contributed by atoms with van der Waals surface area (Å²) >= 11 is 0. The predicted molar refractivity (Wildman–Crippen MR) is 171 cm³/mol. The van der Waals surface area contributed by atoms with Gasteiger partial charge >= 0.3 is 6.18 Å². The van der Waals surface area contributed by atoms with Gasteiger partial charge in [-0.1, -0.05) is 73.2 Å². The Morgan fingerprint density at radius 2 is 1.09 bits per heavy atom. The van der Waals surface area contributed by atoms with Crippen LogP contribution in [0, 0.1) is 6.92 Å². The van der Waals surface area contributed by atoms with Gasteiger partial charge in [0.05, 0.1) is 19.6 Å². The second-order valence-corrected chi connectivity index (χ2v) is 10.0. The van der Waals surface area contributed by atoms with Crippen molar-refractivity contribution in [3.05, 3.63) is 137 Å². The van der Waals surface area contributed by atoms with Crippen LogP contribution in [0.25, 0.3) is 12.2 Å². The summed E-state index contributed by atoms with van der Waals surface area (Å²) in [5, 5.41) is 9.17. The average Bonchev–Trinajstić information content (AvgIpc) is 3.03. The number of phenolic OH excluding ortho intramolecular Hbond substituents is 1. The van der Waals surface area contributed by atoms with Crippen LogP contribution >= 0.6 is 0 Å². The molecule has 0 bridgehead atoms. The number of ketones is 2. The first kappa shape index (κ1) is 34.4. The van der Waals surface area contributed by atoms with Gasteiger partial charge in [-0.2, -0.15) is 13.2 Å². The maximum atomic E-state index is 12.0. The van der Waals surface area contributed by atoms with Crippen molar-refractivity contribution in [2.24, 2.45) is 0 Å². The van der Waals surface area contributed by atoms with Crippen LogP contribution in [0.2, 0.25) is 0 Å². The monoisotopic (exact) mass is 616 g/mol. The maximum absolute atomic E-state index is 12.0. The van der Waals surface area contributed by atoms with Gasteiger partial charge in [-0.3, -0.25) is 9.59 Å². The Morgan fingerprint density at radius 3 is 1.51 bits per heavy atom. The SMILES string of the molecule is CCCOc1ccc(C=CC(=O)c2ccc(C)cc2)cc1.O=C(C=Cc1ccc(OCCC(F)(F)F)cc1)c1ccc(O)cc1. The molecular formula is C37H35F3O5. The second kappa shape index (κ2) is 17.3. The first-order chi connectivity index (χ1) is 21.5. The predicted octanol–water partition coefficient (Wildman–Crippen LogP) is 9.30. The van der Waals surface area contributed by atoms with Crippen molar-refractivity contribution in [3.63, 3.8) is 0 Å². The molecule has 0 radical (unpaired) electrons. The van der Waals surface area contributed by atoms with E-state index in [0.29, 0.717) is 22.4 Å². The maximum Gasteiger partial charge on any atom is 0.392 e. The summed E-state index contributed by atoms with van der Waals surface area (Å²) in [6, 6.07) is 27.6. The molecule has 4 rings (SSSR count). The highest BCUT2D eigenvalue weighted by Gasteiger charge is 2.26. The molecule has 5 nitrogen and oxygen atoms in total. The third-order valence-electron chi connectivity index (χ3n) is 6.23. The lowest BCUT2D eigenvalue weighted by Gasteiger charge is -2.08. The highest BCUT2D eigenvalue weighted by molar-refractivity contribution is 6.07. The summed E-state index contributed by atoms with van der Waals surface area (Å²) in [5.74, 6) is 1.07. The first-order valence-electron chi connectivity index (χ1n) is 14.4. The molecule has 234 valence electrons. The van der Waals surface area contributed by atoms with Gasteiger partial charge in [0.25, 0.3) is 0 Å². The van der Waals surface area contributed by atoms with E-state index in [9.17, 15) is 27.9 Å². The number of alkyl halides is 3. The largest absolute Gasteiger partial charge is 0.508 e. The highest BCUT2D eigenvalue weighted by atomic mass is 19.4. The van der Waals surface area contributed by atoms with Crippen LogP contribution in [0.15, 0.2) is 109 Å². The normalized spacial score (nSPS) is 11.2. The molecule has 0 aliphatic rings. The van der Waals surface area contributed by atoms with Crippen molar-refractivity contribution in [3.8, 4) is 17.2 Å². The Labute approximate surface area is 261 Å². The fraction of sp³-hybridized carbons (Fsp3) is 0.189. The molecule has 8 heteroatoms. The minimum Gasteiger partial charge on any atom is -0.508 e. The molecular weight excluding hydrogens is 581 g/mol. The molecule has 1 N–H and O–H groups in total. The zero-order chi connectivity index (χ0) is 32.7. The van der Waals surface area contributed by atoms with Crippen LogP contribution in [-0.2, 0) is 0 Å². The van der Waals surface area contributed by atoms with Crippen molar-refractivity contribution >= 4 is 23.7 Å². The van der Waals surface area contributed by atoms with Crippen LogP contribution in [-0.4, -0.2) is 36.1 Å². The third-order valence-corrected chi connectivity index (χ3v) is 6.23. The number of carbonyl (C=O) groups is 2. The Bertz CT molecular complexity index is 1550. The lowest BCUT2D eigenvalue weighted by Crippen LogP contribution is -2.12. The number of carbonyl (C=O) groups excluding carboxylic acids is 2. The minimum absolute atomic E-state index is 0.0151. The molecule has 4 aromatic rings. The van der Waals surface area contributed by atoms with Crippen molar-refractivity contribution < 1.29 is 37.3 Å². The number of allylic oxidation sites excluding steroid dienone is 2. The zero-order valence-corrected chi connectivity index (χ0v) is 25.1. The molecule has 0 saturated heterocycles. The molecule has 0 saturated carbocycles. The van der Waals surface area contributed by atoms with E-state index in [1.807, 2.05) is 61.5 Å². The number of halogens is 3. The van der Waals surface area contributed by atoms with Crippen LogP contribution in [0.4, 0.5) is 13.2 Å². The van der Waals surface area contributed by atoms with Gasteiger partial charge in [0, 0.05) is 11.1 Å². The summed E-state index contributed by atoms with van der Waals surface area (Å²) in [6.07, 6.45) is 2.15. The standard InChI is InChI=1S/C19H20O2.C18H15F3O3/c1-3-14-21-18-11-6-16(7-12-18)8-13-19(20)17-9-4-15(2)5-10-17;19-18(20,21)11-12-24-16-8-1-13(2-9-16)3-10-17(23)14-4-6-15(22)7-5-14/h4-13H,3,14H2,1-2H3;1-10,22H,11-12H2. The van der Waals surface area contributed by atoms with E-state index in [4.69, 9.17) is 9.47 Å². The Morgan fingerprint density at radius 1 is 0.667 bits per heavy atom. The van der Waals surface area contributed by atoms with Crippen molar-refractivity contribution in [1.82, 2.24) is 0 Å². The van der Waals surface area contributed by atoms with Gasteiger partial charge in [-0.15, -0.1) is 0 Å². The van der Waals surface area contributed by atoms with Crippen LogP contribution in [0.3, 0.4) is 0 Å². The molecule has 0 aromatic heterocycles. The Kier molecular flexibility index (Phi) is 13.2. The second-order valence-electron chi connectivity index (χ2n) is 10.0. The van der Waals surface area contributed by atoms with E-state index in [-0.39, 0.29) is 17.3 Å². The van der Waals surface area contributed by atoms with E-state index in [0.717, 1.165) is 29.9 Å². The van der Waals surface area contributed by atoms with Crippen molar-refractivity contribution in [2.45, 2.75) is 32.9 Å². The number of phenols is 1. The molecule has 0 unspecified atom stereocenters. The highest BCUT2D eigenvalue weighted by Crippen LogP contribution is 2.21. The molecule has 0 atom stereocenters. The number of rotatable bonds is 12. The van der Waals surface area contributed by atoms with Crippen LogP contribution in [0.5, 0.6) is 17.2 Å². The molecule has 4 aromatic carbocycles. The number of aromatic hydroxyl groups is 1. The van der Waals surface area contributed by atoms with E-state index in [1.165, 1.54) is 30.3 Å². The van der Waals surface area contributed by atoms with Crippen LogP contribution in [0.1, 0.15) is 57.2 Å². The van der Waals surface area contributed by atoms with Crippen LogP contribution < -0.4 is 9.47 Å². The number of hydrogen-bond acceptors (Lipinski definition) is 5. The summed E-state index contributed by atoms with van der Waals surface area (Å²) < 4.78 is 46.6. The summed E-state index contributed by atoms with van der Waals surface area (Å²) in [6.45, 7) is 4.37. The average molecular weight is 617 g/mol. The molecule has 0 heterocycles. The van der Waals surface area contributed by atoms with Gasteiger partial charge in [0.1, 0.15) is 17.2 Å². The van der Waals surface area contributed by atoms with Crippen molar-refractivity contribution in [1.29, 1.82) is 0 Å². The van der Waals surface area contributed by atoms with Crippen molar-refractivity contribution in [2.75, 3.05) is 13.2 Å². The quantitative estimate of drug-likeness (QED) is 0.127. The smallest absolute Gasteiger partial charge is 0.392 e. The molecule has 45 heavy (non-hydrogen) atoms. The fourth-order valence-electron chi connectivity index (χ4n) is 3.73. The molecule has 0 amide bonds. The third kappa shape index (κ3) is 13.0. The number of hydrogen-bond donors (Lipinski definition) is 1. The molecule has 0 aliphatic carbocycles. The topological polar surface area (TPSA) is 72.8 Å². The molecule has 0 spiro atoms. The van der Waals surface area contributed by atoms with Gasteiger partial charge in [-0.05, 0) is 85.2 Å². The van der Waals surface area contributed by atoms with E-state index in [2.05, 4.69) is 6.92 Å². The summed E-state index contributed by atoms with van der Waals surface area (Å²) in [7, 11) is 0. The summed E-state index contributed by atoms with van der Waals surface area (Å²) in [4.78, 5) is 24.0. The minimum atomic E-state index is -4.24. The van der Waals surface area contributed by atoms with Gasteiger partial charge in [-0.25, -0.2) is 0 Å². The molecule has 0 aliphatic heterocycles. The van der Waals surface area contributed by atoms with E-state index in [1.54, 1.807) is 36.4 Å². The number of benzene rings is 4. The summed E-state index contributed by atoms with van der Waals surface area (Å²) in [5.41, 5.74) is 4.00. The molecule has 0 fully saturated rings. The Hall–Kier alpha value is -5.11. The Balaban J connectivity index is 0.000000248. The lowest BCUT2D eigenvalue weighted by molar-refractivity contribution is -0.139. The van der Waals surface area contributed by atoms with Gasteiger partial charge in [0.2, 0.25) is 0 Å². The number of ether oxygens (including phenoxy) is 2. The van der Waals surface area contributed by atoms with Gasteiger partial charge in [0.15, 0.2) is 11.6 Å². The van der Waals surface area contributed by atoms with Gasteiger partial charge < -0.3 is 14.6 Å². The lowest BCUT2D eigenvalue weighted by atomic mass is 10.1. The van der Waals surface area contributed by atoms with E-state index < -0.39 is 19.2 Å².